The molecule has 0 aromatic heterocycles. The number of hydrogen-bond donors (Lipinski definition) is 1. The van der Waals surface area contributed by atoms with E-state index in [1.54, 1.807) is 0 Å². The van der Waals surface area contributed by atoms with Crippen LogP contribution < -0.4 is 5.32 Å². The van der Waals surface area contributed by atoms with E-state index in [2.05, 4.69) is 5.32 Å². The number of fused-ring (bicyclic) bond motifs is 1. The largest absolute Gasteiger partial charge is 0.375 e. The number of nitrogens with one attached hydrogen (secondary N) is 1. The molecular formula is C11H13F2NO. The second-order valence-electron chi connectivity index (χ2n) is 3.59. The highest BCUT2D eigenvalue weighted by Crippen LogP contribution is 2.28. The Bertz CT molecular complexity index is 368. The van der Waals surface area contributed by atoms with E-state index in [0.29, 0.717) is 17.7 Å². The van der Waals surface area contributed by atoms with Gasteiger partial charge in [0.25, 0.3) is 0 Å². The van der Waals surface area contributed by atoms with Gasteiger partial charge in [0.15, 0.2) is 0 Å². The predicted octanol–water partition coefficient (Wildman–Crippen LogP) is 2.15. The summed E-state index contributed by atoms with van der Waals surface area (Å²) in [5.74, 6) is -1.04. The maximum Gasteiger partial charge on any atom is 0.131 e. The molecule has 1 heterocycles. The molecule has 1 aromatic carbocycles. The van der Waals surface area contributed by atoms with Gasteiger partial charge in [-0.1, -0.05) is 6.92 Å². The molecule has 0 bridgehead atoms. The van der Waals surface area contributed by atoms with Crippen molar-refractivity contribution in [3.8, 4) is 0 Å². The van der Waals surface area contributed by atoms with Gasteiger partial charge in [-0.3, -0.25) is 0 Å². The van der Waals surface area contributed by atoms with Crippen LogP contribution >= 0.6 is 0 Å². The molecule has 0 saturated carbocycles. The average Bonchev–Trinajstić information content (AvgIpc) is 2.17. The maximum absolute atomic E-state index is 13.6. The third-order valence-electron chi connectivity index (χ3n) is 2.52. The first-order valence-electron chi connectivity index (χ1n) is 5.01. The molecule has 2 nitrogen and oxygen atoms in total. The topological polar surface area (TPSA) is 21.3 Å². The number of ether oxygens (including phenoxy) is 1. The molecule has 1 aliphatic heterocycles. The smallest absolute Gasteiger partial charge is 0.131 e. The summed E-state index contributed by atoms with van der Waals surface area (Å²) in [6.45, 7) is 3.38. The van der Waals surface area contributed by atoms with Gasteiger partial charge in [0.2, 0.25) is 0 Å². The summed E-state index contributed by atoms with van der Waals surface area (Å²) in [5, 5.41) is 3.11. The van der Waals surface area contributed by atoms with E-state index in [1.165, 1.54) is 6.07 Å². The fraction of sp³-hybridized carbons (Fsp3) is 0.455. The molecule has 82 valence electrons. The Kier molecular flexibility index (Phi) is 2.98. The van der Waals surface area contributed by atoms with Crippen LogP contribution in [0.4, 0.5) is 8.78 Å². The summed E-state index contributed by atoms with van der Waals surface area (Å²) in [6, 6.07) is 2.09. The summed E-state index contributed by atoms with van der Waals surface area (Å²) >= 11 is 0. The highest BCUT2D eigenvalue weighted by atomic mass is 19.1. The lowest BCUT2D eigenvalue weighted by Gasteiger charge is -2.26. The van der Waals surface area contributed by atoms with Crippen LogP contribution in [0.1, 0.15) is 24.1 Å². The fourth-order valence-corrected chi connectivity index (χ4v) is 1.93. The summed E-state index contributed by atoms with van der Waals surface area (Å²) < 4.78 is 31.8. The van der Waals surface area contributed by atoms with E-state index in [0.717, 1.165) is 12.6 Å². The molecule has 0 aliphatic carbocycles. The zero-order chi connectivity index (χ0) is 10.8. The van der Waals surface area contributed by atoms with Crippen molar-refractivity contribution < 1.29 is 13.5 Å². The normalized spacial score (nSPS) is 20.1. The summed E-state index contributed by atoms with van der Waals surface area (Å²) in [4.78, 5) is 0. The fourth-order valence-electron chi connectivity index (χ4n) is 1.93. The third kappa shape index (κ3) is 2.01. The molecule has 1 aromatic rings. The molecule has 2 rings (SSSR count). The van der Waals surface area contributed by atoms with Crippen molar-refractivity contribution in [3.63, 3.8) is 0 Å². The summed E-state index contributed by atoms with van der Waals surface area (Å²) in [5.41, 5.74) is 1.15. The highest BCUT2D eigenvalue weighted by Gasteiger charge is 2.24. The predicted molar refractivity (Wildman–Crippen MR) is 52.4 cm³/mol. The van der Waals surface area contributed by atoms with E-state index in [4.69, 9.17) is 4.74 Å². The summed E-state index contributed by atoms with van der Waals surface area (Å²) in [6.07, 6.45) is 0. The molecule has 0 amide bonds. The first kappa shape index (κ1) is 10.5. The number of hydrogen-bond acceptors (Lipinski definition) is 2. The van der Waals surface area contributed by atoms with Gasteiger partial charge in [-0.2, -0.15) is 0 Å². The minimum atomic E-state index is -0.549. The zero-order valence-electron chi connectivity index (χ0n) is 8.52. The SMILES string of the molecule is CCNC1COCc2cc(F)cc(F)c21. The van der Waals surface area contributed by atoms with E-state index in [-0.39, 0.29) is 12.6 Å². The van der Waals surface area contributed by atoms with Crippen molar-refractivity contribution >= 4 is 0 Å². The Morgan fingerprint density at radius 3 is 3.00 bits per heavy atom. The van der Waals surface area contributed by atoms with Crippen LogP contribution in [-0.2, 0) is 11.3 Å². The molecule has 0 spiro atoms. The van der Waals surface area contributed by atoms with Crippen LogP contribution in [0.3, 0.4) is 0 Å². The minimum absolute atomic E-state index is 0.167. The first-order chi connectivity index (χ1) is 7.22. The monoisotopic (exact) mass is 213 g/mol. The van der Waals surface area contributed by atoms with Crippen molar-refractivity contribution in [1.82, 2.24) is 5.32 Å². The van der Waals surface area contributed by atoms with E-state index >= 15 is 0 Å². The van der Waals surface area contributed by atoms with Crippen molar-refractivity contribution in [2.45, 2.75) is 19.6 Å². The molecule has 4 heteroatoms. The van der Waals surface area contributed by atoms with E-state index in [9.17, 15) is 8.78 Å². The Morgan fingerprint density at radius 1 is 1.47 bits per heavy atom. The van der Waals surface area contributed by atoms with Crippen molar-refractivity contribution in [2.24, 2.45) is 0 Å². The second kappa shape index (κ2) is 4.24. The second-order valence-corrected chi connectivity index (χ2v) is 3.59. The van der Waals surface area contributed by atoms with Crippen LogP contribution in [0.15, 0.2) is 12.1 Å². The standard InChI is InChI=1S/C11H13F2NO/c1-2-14-10-6-15-5-7-3-8(12)4-9(13)11(7)10/h3-4,10,14H,2,5-6H2,1H3. The van der Waals surface area contributed by atoms with Gasteiger partial charge in [-0.15, -0.1) is 0 Å². The molecule has 0 saturated heterocycles. The van der Waals surface area contributed by atoms with E-state index < -0.39 is 11.6 Å². The first-order valence-corrected chi connectivity index (χ1v) is 5.01. The van der Waals surface area contributed by atoms with Crippen LogP contribution in [-0.4, -0.2) is 13.2 Å². The number of benzene rings is 1. The minimum Gasteiger partial charge on any atom is -0.375 e. The van der Waals surface area contributed by atoms with E-state index in [1.807, 2.05) is 6.92 Å². The van der Waals surface area contributed by atoms with Gasteiger partial charge in [0, 0.05) is 11.6 Å². The maximum atomic E-state index is 13.6. The Balaban J connectivity index is 2.41. The molecule has 1 unspecified atom stereocenters. The van der Waals surface area contributed by atoms with Gasteiger partial charge in [0.05, 0.1) is 19.3 Å². The molecular weight excluding hydrogens is 200 g/mol. The van der Waals surface area contributed by atoms with Crippen molar-refractivity contribution in [2.75, 3.05) is 13.2 Å². The van der Waals surface area contributed by atoms with Crippen LogP contribution in [0.2, 0.25) is 0 Å². The summed E-state index contributed by atoms with van der Waals surface area (Å²) in [7, 11) is 0. The zero-order valence-corrected chi connectivity index (χ0v) is 8.52. The number of likely N-dealkylation sites (N-methyl/N-ethyl adjacent to an activating group) is 1. The quantitative estimate of drug-likeness (QED) is 0.812. The van der Waals surface area contributed by atoms with Gasteiger partial charge in [-0.25, -0.2) is 8.78 Å². The third-order valence-corrected chi connectivity index (χ3v) is 2.52. The van der Waals surface area contributed by atoms with Gasteiger partial charge < -0.3 is 10.1 Å². The molecule has 0 fully saturated rings. The molecule has 1 atom stereocenters. The lowest BCUT2D eigenvalue weighted by atomic mass is 9.98. The Morgan fingerprint density at radius 2 is 2.27 bits per heavy atom. The van der Waals surface area contributed by atoms with Crippen LogP contribution in [0, 0.1) is 11.6 Å². The lowest BCUT2D eigenvalue weighted by Crippen LogP contribution is -2.30. The van der Waals surface area contributed by atoms with Gasteiger partial charge in [0.1, 0.15) is 11.6 Å². The van der Waals surface area contributed by atoms with Gasteiger partial charge >= 0.3 is 0 Å². The molecule has 1 N–H and O–H groups in total. The highest BCUT2D eigenvalue weighted by molar-refractivity contribution is 5.33. The van der Waals surface area contributed by atoms with Gasteiger partial charge in [-0.05, 0) is 18.2 Å². The lowest BCUT2D eigenvalue weighted by molar-refractivity contribution is 0.0805. The number of halogens is 2. The molecule has 15 heavy (non-hydrogen) atoms. The van der Waals surface area contributed by atoms with Crippen LogP contribution in [0.5, 0.6) is 0 Å². The Labute approximate surface area is 87.2 Å². The van der Waals surface area contributed by atoms with Crippen molar-refractivity contribution in [3.05, 3.63) is 34.9 Å². The Hall–Kier alpha value is -1.00. The van der Waals surface area contributed by atoms with Crippen molar-refractivity contribution in [1.29, 1.82) is 0 Å². The average molecular weight is 213 g/mol. The van der Waals surface area contributed by atoms with Crippen LogP contribution in [0.25, 0.3) is 0 Å². The molecule has 0 radical (unpaired) electrons. The molecule has 1 aliphatic rings. The number of rotatable bonds is 2.